The van der Waals surface area contributed by atoms with Crippen LogP contribution < -0.4 is 5.32 Å². The Bertz CT molecular complexity index is 295. The Balaban J connectivity index is 2.37. The lowest BCUT2D eigenvalue weighted by atomic mass is 10.0. The maximum atomic E-state index is 3.52. The van der Waals surface area contributed by atoms with Crippen LogP contribution in [-0.4, -0.2) is 30.6 Å². The number of nitrogens with one attached hydrogen (secondary N) is 1. The standard InChI is InChI=1S/C14H26N2S/c1-11(2)15-8-12(3)13(4)16(5)9-14-6-7-17-10-14/h6-7,10-13,15H,8-9H2,1-5H3. The zero-order valence-corrected chi connectivity index (χ0v) is 12.6. The van der Waals surface area contributed by atoms with Gasteiger partial charge in [-0.05, 0) is 48.8 Å². The summed E-state index contributed by atoms with van der Waals surface area (Å²) in [5.41, 5.74) is 1.42. The highest BCUT2D eigenvalue weighted by molar-refractivity contribution is 7.07. The van der Waals surface area contributed by atoms with Crippen LogP contribution in [0.3, 0.4) is 0 Å². The molecule has 17 heavy (non-hydrogen) atoms. The molecule has 0 bridgehead atoms. The Morgan fingerprint density at radius 2 is 2.00 bits per heavy atom. The highest BCUT2D eigenvalue weighted by Crippen LogP contribution is 2.14. The second-order valence-corrected chi connectivity index (χ2v) is 6.11. The smallest absolute Gasteiger partial charge is 0.0241 e. The van der Waals surface area contributed by atoms with E-state index in [0.29, 0.717) is 18.0 Å². The van der Waals surface area contributed by atoms with Gasteiger partial charge in [0, 0.05) is 18.6 Å². The van der Waals surface area contributed by atoms with E-state index in [1.54, 1.807) is 11.3 Å². The SMILES string of the molecule is CC(C)NCC(C)C(C)N(C)Cc1ccsc1. The molecule has 1 rings (SSSR count). The molecule has 98 valence electrons. The number of hydrogen-bond acceptors (Lipinski definition) is 3. The van der Waals surface area contributed by atoms with Crippen LogP contribution >= 0.6 is 11.3 Å². The van der Waals surface area contributed by atoms with Crippen LogP contribution in [0.2, 0.25) is 0 Å². The van der Waals surface area contributed by atoms with E-state index in [4.69, 9.17) is 0 Å². The van der Waals surface area contributed by atoms with Gasteiger partial charge in [0.05, 0.1) is 0 Å². The maximum Gasteiger partial charge on any atom is 0.0241 e. The zero-order chi connectivity index (χ0) is 12.8. The molecule has 2 nitrogen and oxygen atoms in total. The van der Waals surface area contributed by atoms with Crippen LogP contribution in [0.15, 0.2) is 16.8 Å². The highest BCUT2D eigenvalue weighted by Gasteiger charge is 2.17. The first-order valence-electron chi connectivity index (χ1n) is 6.45. The van der Waals surface area contributed by atoms with E-state index in [0.717, 1.165) is 13.1 Å². The van der Waals surface area contributed by atoms with Crippen LogP contribution in [-0.2, 0) is 6.54 Å². The molecule has 1 aromatic heterocycles. The van der Waals surface area contributed by atoms with Gasteiger partial charge in [0.1, 0.15) is 0 Å². The first kappa shape index (κ1) is 14.7. The predicted octanol–water partition coefficient (Wildman–Crippen LogP) is 3.20. The van der Waals surface area contributed by atoms with Gasteiger partial charge in [0.2, 0.25) is 0 Å². The number of hydrogen-bond donors (Lipinski definition) is 1. The fourth-order valence-corrected chi connectivity index (χ4v) is 2.50. The third kappa shape index (κ3) is 5.19. The monoisotopic (exact) mass is 254 g/mol. The molecule has 0 radical (unpaired) electrons. The Kier molecular flexibility index (Phi) is 6.17. The van der Waals surface area contributed by atoms with E-state index in [1.165, 1.54) is 5.56 Å². The average Bonchev–Trinajstić information content (AvgIpc) is 2.77. The molecule has 0 aliphatic heterocycles. The molecule has 0 saturated carbocycles. The topological polar surface area (TPSA) is 15.3 Å². The van der Waals surface area contributed by atoms with E-state index in [-0.39, 0.29) is 0 Å². The van der Waals surface area contributed by atoms with E-state index in [2.05, 4.69) is 61.8 Å². The Hall–Kier alpha value is -0.380. The van der Waals surface area contributed by atoms with Gasteiger partial charge in [-0.3, -0.25) is 4.90 Å². The van der Waals surface area contributed by atoms with E-state index < -0.39 is 0 Å². The molecule has 0 aliphatic rings. The molecule has 1 N–H and O–H groups in total. The zero-order valence-electron chi connectivity index (χ0n) is 11.7. The summed E-state index contributed by atoms with van der Waals surface area (Å²) in [5.74, 6) is 0.668. The maximum absolute atomic E-state index is 3.52. The van der Waals surface area contributed by atoms with Crippen molar-refractivity contribution in [3.8, 4) is 0 Å². The summed E-state index contributed by atoms with van der Waals surface area (Å²) in [7, 11) is 2.22. The molecule has 0 amide bonds. The quantitative estimate of drug-likeness (QED) is 0.804. The molecule has 0 fully saturated rings. The van der Waals surface area contributed by atoms with Gasteiger partial charge < -0.3 is 5.32 Å². The largest absolute Gasteiger partial charge is 0.314 e. The normalized spacial score (nSPS) is 15.5. The van der Waals surface area contributed by atoms with Gasteiger partial charge >= 0.3 is 0 Å². The van der Waals surface area contributed by atoms with Gasteiger partial charge in [0.25, 0.3) is 0 Å². The van der Waals surface area contributed by atoms with Crippen molar-refractivity contribution < 1.29 is 0 Å². The summed E-state index contributed by atoms with van der Waals surface area (Å²) in [6.45, 7) is 11.2. The molecule has 1 heterocycles. The number of rotatable bonds is 7. The minimum atomic E-state index is 0.576. The van der Waals surface area contributed by atoms with Crippen molar-refractivity contribution in [3.63, 3.8) is 0 Å². The molecule has 2 atom stereocenters. The fourth-order valence-electron chi connectivity index (χ4n) is 1.84. The average molecular weight is 254 g/mol. The van der Waals surface area contributed by atoms with Gasteiger partial charge in [-0.1, -0.05) is 20.8 Å². The van der Waals surface area contributed by atoms with Crippen LogP contribution in [0, 0.1) is 5.92 Å². The summed E-state index contributed by atoms with van der Waals surface area (Å²) in [4.78, 5) is 2.44. The molecule has 0 spiro atoms. The molecule has 0 aromatic carbocycles. The van der Waals surface area contributed by atoms with E-state index >= 15 is 0 Å². The lowest BCUT2D eigenvalue weighted by Crippen LogP contribution is -2.40. The third-order valence-electron chi connectivity index (χ3n) is 3.38. The van der Waals surface area contributed by atoms with Gasteiger partial charge in [-0.15, -0.1) is 0 Å². The van der Waals surface area contributed by atoms with Crippen molar-refractivity contribution in [2.75, 3.05) is 13.6 Å². The predicted molar refractivity (Wildman–Crippen MR) is 77.6 cm³/mol. The lowest BCUT2D eigenvalue weighted by Gasteiger charge is -2.30. The Morgan fingerprint density at radius 1 is 1.29 bits per heavy atom. The van der Waals surface area contributed by atoms with Gasteiger partial charge in [-0.2, -0.15) is 11.3 Å². The molecule has 2 unspecified atom stereocenters. The molecule has 0 saturated heterocycles. The summed E-state index contributed by atoms with van der Waals surface area (Å²) in [5, 5.41) is 7.90. The number of thiophene rings is 1. The van der Waals surface area contributed by atoms with Crippen molar-refractivity contribution in [2.45, 2.75) is 46.3 Å². The minimum absolute atomic E-state index is 0.576. The summed E-state index contributed by atoms with van der Waals surface area (Å²) in [6, 6.07) is 3.39. The van der Waals surface area contributed by atoms with Crippen molar-refractivity contribution in [1.29, 1.82) is 0 Å². The third-order valence-corrected chi connectivity index (χ3v) is 4.11. The van der Waals surface area contributed by atoms with Gasteiger partial charge in [0.15, 0.2) is 0 Å². The van der Waals surface area contributed by atoms with Gasteiger partial charge in [-0.25, -0.2) is 0 Å². The highest BCUT2D eigenvalue weighted by atomic mass is 32.1. The Labute approximate surface area is 110 Å². The Morgan fingerprint density at radius 3 is 2.53 bits per heavy atom. The van der Waals surface area contributed by atoms with Crippen molar-refractivity contribution in [2.24, 2.45) is 5.92 Å². The second-order valence-electron chi connectivity index (χ2n) is 5.33. The van der Waals surface area contributed by atoms with E-state index in [9.17, 15) is 0 Å². The van der Waals surface area contributed by atoms with Crippen molar-refractivity contribution >= 4 is 11.3 Å². The van der Waals surface area contributed by atoms with E-state index in [1.807, 2.05) is 0 Å². The lowest BCUT2D eigenvalue weighted by molar-refractivity contribution is 0.187. The summed E-state index contributed by atoms with van der Waals surface area (Å²) < 4.78 is 0. The summed E-state index contributed by atoms with van der Waals surface area (Å²) in [6.07, 6.45) is 0. The molecule has 3 heteroatoms. The number of nitrogens with zero attached hydrogens (tertiary/aromatic N) is 1. The molecule has 0 aliphatic carbocycles. The second kappa shape index (κ2) is 7.14. The van der Waals surface area contributed by atoms with Crippen LogP contribution in [0.25, 0.3) is 0 Å². The molecular formula is C14H26N2S. The van der Waals surface area contributed by atoms with Crippen LogP contribution in [0.4, 0.5) is 0 Å². The first-order valence-corrected chi connectivity index (χ1v) is 7.39. The van der Waals surface area contributed by atoms with Crippen LogP contribution in [0.5, 0.6) is 0 Å². The fraction of sp³-hybridized carbons (Fsp3) is 0.714. The molecule has 1 aromatic rings. The minimum Gasteiger partial charge on any atom is -0.314 e. The first-order chi connectivity index (χ1) is 8.00. The molecular weight excluding hydrogens is 228 g/mol. The van der Waals surface area contributed by atoms with Crippen LogP contribution in [0.1, 0.15) is 33.3 Å². The summed E-state index contributed by atoms with van der Waals surface area (Å²) >= 11 is 1.78. The van der Waals surface area contributed by atoms with Crippen molar-refractivity contribution in [3.05, 3.63) is 22.4 Å². The van der Waals surface area contributed by atoms with Crippen molar-refractivity contribution in [1.82, 2.24) is 10.2 Å².